The fourth-order valence-corrected chi connectivity index (χ4v) is 4.14. The third-order valence-corrected chi connectivity index (χ3v) is 5.69. The molecule has 174 valence electrons. The van der Waals surface area contributed by atoms with Crippen LogP contribution in [0.3, 0.4) is 0 Å². The average molecular weight is 446 g/mol. The standard InChI is InChI=1S/C23H31N3O6/c1-4-31-21(27)15-10-12-26(13-11-15)14-17-19(22(28)32-5-2)20(25-23(29)24-17)16-8-6-7-9-18(16)30-3/h6-9,15,20H,4-5,10-14H2,1-3H3,(H2,24,25,29)/t20-/m0/s1. The fourth-order valence-electron chi connectivity index (χ4n) is 4.14. The number of hydrogen-bond donors (Lipinski definition) is 2. The summed E-state index contributed by atoms with van der Waals surface area (Å²) in [6, 6.07) is 6.15. The lowest BCUT2D eigenvalue weighted by molar-refractivity contribution is -0.149. The highest BCUT2D eigenvalue weighted by Gasteiger charge is 2.36. The summed E-state index contributed by atoms with van der Waals surface area (Å²) in [5.74, 6) is -0.206. The normalized spacial score (nSPS) is 19.7. The number of benzene rings is 1. The van der Waals surface area contributed by atoms with Gasteiger partial charge >= 0.3 is 18.0 Å². The molecule has 1 fully saturated rings. The summed E-state index contributed by atoms with van der Waals surface area (Å²) in [7, 11) is 1.55. The molecule has 0 radical (unpaired) electrons. The van der Waals surface area contributed by atoms with Gasteiger partial charge in [0.1, 0.15) is 5.75 Å². The van der Waals surface area contributed by atoms with Crippen LogP contribution in [0.2, 0.25) is 0 Å². The van der Waals surface area contributed by atoms with Crippen LogP contribution in [0.5, 0.6) is 5.75 Å². The second-order valence-electron chi connectivity index (χ2n) is 7.69. The lowest BCUT2D eigenvalue weighted by atomic mass is 9.93. The zero-order valence-corrected chi connectivity index (χ0v) is 18.8. The summed E-state index contributed by atoms with van der Waals surface area (Å²) in [4.78, 5) is 39.6. The zero-order chi connectivity index (χ0) is 23.1. The lowest BCUT2D eigenvalue weighted by Gasteiger charge is -2.35. The highest BCUT2D eigenvalue weighted by molar-refractivity contribution is 5.95. The van der Waals surface area contributed by atoms with Crippen molar-refractivity contribution >= 4 is 18.0 Å². The minimum atomic E-state index is -0.703. The number of amides is 2. The van der Waals surface area contributed by atoms with E-state index in [-0.39, 0.29) is 18.5 Å². The Bertz CT molecular complexity index is 876. The molecule has 0 saturated carbocycles. The molecule has 2 amide bonds. The summed E-state index contributed by atoms with van der Waals surface area (Å²) >= 11 is 0. The number of esters is 2. The molecule has 2 heterocycles. The molecular weight excluding hydrogens is 414 g/mol. The van der Waals surface area contributed by atoms with Gasteiger partial charge in [-0.1, -0.05) is 18.2 Å². The molecule has 0 aliphatic carbocycles. The van der Waals surface area contributed by atoms with Crippen molar-refractivity contribution in [1.29, 1.82) is 0 Å². The summed E-state index contributed by atoms with van der Waals surface area (Å²) in [6.45, 7) is 5.81. The first-order valence-corrected chi connectivity index (χ1v) is 11.0. The number of urea groups is 1. The van der Waals surface area contributed by atoms with Gasteiger partial charge in [-0.05, 0) is 45.8 Å². The number of methoxy groups -OCH3 is 1. The van der Waals surface area contributed by atoms with Crippen molar-refractivity contribution in [2.45, 2.75) is 32.7 Å². The van der Waals surface area contributed by atoms with E-state index < -0.39 is 18.0 Å². The molecule has 32 heavy (non-hydrogen) atoms. The Morgan fingerprint density at radius 2 is 1.78 bits per heavy atom. The van der Waals surface area contributed by atoms with Crippen molar-refractivity contribution < 1.29 is 28.6 Å². The summed E-state index contributed by atoms with van der Waals surface area (Å²) in [5.41, 5.74) is 1.52. The number of nitrogens with zero attached hydrogens (tertiary/aromatic N) is 1. The number of nitrogens with one attached hydrogen (secondary N) is 2. The maximum Gasteiger partial charge on any atom is 0.338 e. The summed E-state index contributed by atoms with van der Waals surface area (Å²) < 4.78 is 15.9. The largest absolute Gasteiger partial charge is 0.496 e. The molecular formula is C23H31N3O6. The Morgan fingerprint density at radius 3 is 2.44 bits per heavy atom. The zero-order valence-electron chi connectivity index (χ0n) is 18.8. The Labute approximate surface area is 188 Å². The molecule has 2 aliphatic rings. The Morgan fingerprint density at radius 1 is 1.09 bits per heavy atom. The fraction of sp³-hybridized carbons (Fsp3) is 0.522. The number of ether oxygens (including phenoxy) is 3. The lowest BCUT2D eigenvalue weighted by Crippen LogP contribution is -2.49. The van der Waals surface area contributed by atoms with Gasteiger partial charge in [0.25, 0.3) is 0 Å². The van der Waals surface area contributed by atoms with E-state index >= 15 is 0 Å². The minimum absolute atomic E-state index is 0.117. The molecule has 1 aromatic rings. The van der Waals surface area contributed by atoms with Crippen LogP contribution in [0.25, 0.3) is 0 Å². The monoisotopic (exact) mass is 445 g/mol. The van der Waals surface area contributed by atoms with Crippen LogP contribution in [0, 0.1) is 5.92 Å². The van der Waals surface area contributed by atoms with Crippen LogP contribution >= 0.6 is 0 Å². The van der Waals surface area contributed by atoms with Crippen molar-refractivity contribution in [2.75, 3.05) is 40.0 Å². The average Bonchev–Trinajstić information content (AvgIpc) is 2.79. The van der Waals surface area contributed by atoms with Crippen LogP contribution < -0.4 is 15.4 Å². The highest BCUT2D eigenvalue weighted by Crippen LogP contribution is 2.34. The number of para-hydroxylation sites is 1. The van der Waals surface area contributed by atoms with Crippen LogP contribution in [0.15, 0.2) is 35.5 Å². The van der Waals surface area contributed by atoms with Gasteiger partial charge in [-0.15, -0.1) is 0 Å². The molecule has 0 spiro atoms. The third-order valence-electron chi connectivity index (χ3n) is 5.69. The molecule has 2 N–H and O–H groups in total. The van der Waals surface area contributed by atoms with Gasteiger partial charge in [-0.25, -0.2) is 9.59 Å². The van der Waals surface area contributed by atoms with Crippen molar-refractivity contribution in [3.8, 4) is 5.75 Å². The SMILES string of the molecule is CCOC(=O)C1=C(CN2CCC(C(=O)OCC)CC2)NC(=O)N[C@H]1c1ccccc1OC. The number of carbonyl (C=O) groups excluding carboxylic acids is 3. The Kier molecular flexibility index (Phi) is 8.10. The maximum absolute atomic E-state index is 13.0. The molecule has 0 bridgehead atoms. The number of piperidine rings is 1. The van der Waals surface area contributed by atoms with E-state index in [0.29, 0.717) is 61.7 Å². The molecule has 1 saturated heterocycles. The number of carbonyl (C=O) groups is 3. The van der Waals surface area contributed by atoms with E-state index in [1.165, 1.54) is 0 Å². The number of likely N-dealkylation sites (tertiary alicyclic amines) is 1. The minimum Gasteiger partial charge on any atom is -0.496 e. The van der Waals surface area contributed by atoms with Gasteiger partial charge in [0.05, 0.1) is 37.9 Å². The van der Waals surface area contributed by atoms with E-state index in [0.717, 1.165) is 0 Å². The highest BCUT2D eigenvalue weighted by atomic mass is 16.5. The maximum atomic E-state index is 13.0. The van der Waals surface area contributed by atoms with Gasteiger partial charge in [0.2, 0.25) is 0 Å². The Hall–Kier alpha value is -3.07. The van der Waals surface area contributed by atoms with Gasteiger partial charge in [-0.2, -0.15) is 0 Å². The van der Waals surface area contributed by atoms with E-state index in [2.05, 4.69) is 15.5 Å². The molecule has 1 atom stereocenters. The predicted molar refractivity (Wildman–Crippen MR) is 117 cm³/mol. The Balaban J connectivity index is 1.87. The van der Waals surface area contributed by atoms with E-state index in [1.807, 2.05) is 18.2 Å². The predicted octanol–water partition coefficient (Wildman–Crippen LogP) is 2.14. The smallest absolute Gasteiger partial charge is 0.338 e. The topological polar surface area (TPSA) is 106 Å². The van der Waals surface area contributed by atoms with Crippen LogP contribution in [-0.2, 0) is 19.1 Å². The number of rotatable bonds is 8. The van der Waals surface area contributed by atoms with Gasteiger partial charge in [0.15, 0.2) is 0 Å². The van der Waals surface area contributed by atoms with Crippen molar-refractivity contribution in [2.24, 2.45) is 5.92 Å². The second-order valence-corrected chi connectivity index (χ2v) is 7.69. The molecule has 2 aliphatic heterocycles. The van der Waals surface area contributed by atoms with Gasteiger partial charge < -0.3 is 24.8 Å². The van der Waals surface area contributed by atoms with Crippen molar-refractivity contribution in [3.63, 3.8) is 0 Å². The van der Waals surface area contributed by atoms with E-state index in [4.69, 9.17) is 14.2 Å². The van der Waals surface area contributed by atoms with Crippen LogP contribution in [0.1, 0.15) is 38.3 Å². The van der Waals surface area contributed by atoms with Gasteiger partial charge in [-0.3, -0.25) is 9.69 Å². The van der Waals surface area contributed by atoms with E-state index in [9.17, 15) is 14.4 Å². The molecule has 1 aromatic carbocycles. The van der Waals surface area contributed by atoms with Crippen molar-refractivity contribution in [1.82, 2.24) is 15.5 Å². The van der Waals surface area contributed by atoms with Crippen LogP contribution in [0.4, 0.5) is 4.79 Å². The first-order valence-electron chi connectivity index (χ1n) is 11.0. The van der Waals surface area contributed by atoms with Crippen molar-refractivity contribution in [3.05, 3.63) is 41.1 Å². The molecule has 0 aromatic heterocycles. The number of hydrogen-bond acceptors (Lipinski definition) is 7. The van der Waals surface area contributed by atoms with Crippen LogP contribution in [-0.4, -0.2) is 62.8 Å². The first-order chi connectivity index (χ1) is 15.5. The van der Waals surface area contributed by atoms with Gasteiger partial charge in [0, 0.05) is 17.8 Å². The molecule has 3 rings (SSSR count). The second kappa shape index (κ2) is 11.0. The first kappa shape index (κ1) is 23.6. The molecule has 9 heteroatoms. The third kappa shape index (κ3) is 5.40. The molecule has 9 nitrogen and oxygen atoms in total. The quantitative estimate of drug-likeness (QED) is 0.591. The molecule has 0 unspecified atom stereocenters. The summed E-state index contributed by atoms with van der Waals surface area (Å²) in [5, 5.41) is 5.63. The van der Waals surface area contributed by atoms with E-state index in [1.54, 1.807) is 27.0 Å². The summed E-state index contributed by atoms with van der Waals surface area (Å²) in [6.07, 6.45) is 1.34.